The number of aliphatic hydroxyl groups is 1. The number of aliphatic hydroxyl groups excluding tert-OH is 1. The van der Waals surface area contributed by atoms with E-state index in [1.807, 2.05) is 19.3 Å². The Labute approximate surface area is 483 Å². The summed E-state index contributed by atoms with van der Waals surface area (Å²) in [5, 5.41) is 24.6. The fraction of sp³-hybridized carbons (Fsp3) is 0.661. The Balaban J connectivity index is 0.000000217. The summed E-state index contributed by atoms with van der Waals surface area (Å²) >= 11 is 0. The van der Waals surface area contributed by atoms with Crippen molar-refractivity contribution in [3.05, 3.63) is 58.8 Å². The molecule has 1 spiro atoms. The predicted molar refractivity (Wildman–Crippen MR) is 293 cm³/mol. The van der Waals surface area contributed by atoms with Crippen LogP contribution in [0, 0.1) is 48.4 Å². The quantitative estimate of drug-likeness (QED) is 0.0916. The number of aldehydes is 1. The molecule has 78 heavy (non-hydrogen) atoms. The van der Waals surface area contributed by atoms with Crippen LogP contribution >= 0.6 is 0 Å². The maximum atomic E-state index is 13.1. The molecule has 10 rings (SSSR count). The number of rotatable bonds is 14. The van der Waals surface area contributed by atoms with Crippen molar-refractivity contribution in [3.8, 4) is 0 Å². The second kappa shape index (κ2) is 28.9. The van der Waals surface area contributed by atoms with Crippen molar-refractivity contribution < 1.29 is 69.7 Å². The number of aryl methyl sites for hydroxylation is 1. The molecule has 4 amide bonds. The van der Waals surface area contributed by atoms with Gasteiger partial charge in [0.2, 0.25) is 23.7 Å². The summed E-state index contributed by atoms with van der Waals surface area (Å²) in [6.45, 7) is 13.2. The number of carbonyl (C=O) groups is 6. The first kappa shape index (κ1) is 60.7. The topological polar surface area (TPSA) is 242 Å². The van der Waals surface area contributed by atoms with E-state index < -0.39 is 23.8 Å². The summed E-state index contributed by atoms with van der Waals surface area (Å²) in [5.74, 6) is 0.721. The molecule has 7 aliphatic rings. The van der Waals surface area contributed by atoms with Crippen LogP contribution in [0.15, 0.2) is 36.8 Å². The summed E-state index contributed by atoms with van der Waals surface area (Å²) in [4.78, 5) is 94.1. The van der Waals surface area contributed by atoms with Gasteiger partial charge in [-0.2, -0.15) is 10.1 Å². The number of benzene rings is 1. The predicted octanol–water partition coefficient (Wildman–Crippen LogP) is 5.25. The first-order valence-corrected chi connectivity index (χ1v) is 28.2. The van der Waals surface area contributed by atoms with Gasteiger partial charge >= 0.3 is 5.97 Å². The summed E-state index contributed by atoms with van der Waals surface area (Å²) in [6.07, 6.45) is 20.9. The Hall–Kier alpha value is -4.98. The molecule has 5 aliphatic heterocycles. The minimum atomic E-state index is -0.720. The molecule has 424 valence electrons. The number of amides is 4. The van der Waals surface area contributed by atoms with Crippen LogP contribution in [-0.4, -0.2) is 191 Å². The summed E-state index contributed by atoms with van der Waals surface area (Å²) in [6, 6.07) is 5.41. The number of nitrogens with one attached hydrogen (secondary N) is 3. The van der Waals surface area contributed by atoms with Crippen LogP contribution in [0.3, 0.4) is 0 Å². The van der Waals surface area contributed by atoms with E-state index >= 15 is 0 Å². The van der Waals surface area contributed by atoms with Crippen molar-refractivity contribution in [2.45, 2.75) is 121 Å². The molecule has 4 N–H and O–H groups in total. The number of anilines is 4. The molecule has 2 saturated carbocycles. The van der Waals surface area contributed by atoms with Crippen LogP contribution in [0.5, 0.6) is 0 Å². The molecule has 21 nitrogen and oxygen atoms in total. The van der Waals surface area contributed by atoms with E-state index in [9.17, 15) is 28.8 Å². The minimum absolute atomic E-state index is 0. The number of piperazine rings is 1. The van der Waals surface area contributed by atoms with E-state index in [2.05, 4.69) is 55.9 Å². The SMILES string of the molecule is CCOC(=O)c1cnc(Nc2cnn(C)c2)nc1NC1CCC(N2CCN(C(=O)C3CCCCC3)CC2)CC1.CN(C(=O)c1ccc(N2CCC3(CC2)CN(CC2CC[N-]CC2)C3)cc1C=O)C1CCC(=O)NC1=O.CO.[U]. The van der Waals surface area contributed by atoms with Crippen LogP contribution < -0.4 is 20.9 Å². The molecular formula is C56H82N13O8U-. The monoisotopic (exact) mass is 1300 g/mol. The van der Waals surface area contributed by atoms with Crippen LogP contribution in [0.25, 0.3) is 5.32 Å². The molecule has 0 radical (unpaired) electrons. The van der Waals surface area contributed by atoms with Crippen LogP contribution in [0.4, 0.5) is 23.1 Å². The third kappa shape index (κ3) is 15.5. The van der Waals surface area contributed by atoms with E-state index in [-0.39, 0.29) is 67.4 Å². The zero-order chi connectivity index (χ0) is 54.5. The van der Waals surface area contributed by atoms with Crippen molar-refractivity contribution in [2.75, 3.05) is 108 Å². The van der Waals surface area contributed by atoms with Crippen molar-refractivity contribution in [2.24, 2.45) is 24.3 Å². The maximum absolute atomic E-state index is 13.1. The van der Waals surface area contributed by atoms with Gasteiger partial charge in [-0.05, 0) is 94.2 Å². The first-order chi connectivity index (χ1) is 37.4. The molecule has 2 aromatic heterocycles. The number of likely N-dealkylation sites (N-methyl/N-ethyl adjacent to an activating group) is 1. The van der Waals surface area contributed by atoms with Crippen molar-refractivity contribution in [1.29, 1.82) is 0 Å². The van der Waals surface area contributed by atoms with Gasteiger partial charge in [0.1, 0.15) is 17.4 Å². The average molecular weight is 1300 g/mol. The first-order valence-electron chi connectivity index (χ1n) is 28.2. The van der Waals surface area contributed by atoms with E-state index in [1.54, 1.807) is 37.0 Å². The van der Waals surface area contributed by atoms with E-state index in [4.69, 9.17) is 9.84 Å². The van der Waals surface area contributed by atoms with Crippen molar-refractivity contribution in [1.82, 2.24) is 44.7 Å². The number of hydrogen-bond acceptors (Lipinski definition) is 16. The third-order valence-electron chi connectivity index (χ3n) is 17.0. The molecule has 5 saturated heterocycles. The molecule has 7 fully saturated rings. The molecule has 22 heteroatoms. The normalized spacial score (nSPS) is 23.0. The van der Waals surface area contributed by atoms with Gasteiger partial charge in [-0.15, -0.1) is 13.1 Å². The molecule has 3 aromatic rings. The Kier molecular flexibility index (Phi) is 22.5. The summed E-state index contributed by atoms with van der Waals surface area (Å²) in [5.41, 5.74) is 3.09. The number of nitrogens with zero attached hydrogens (tertiary/aromatic N) is 10. The molecule has 1 aromatic carbocycles. The zero-order valence-corrected chi connectivity index (χ0v) is 50.5. The number of hydrogen-bond donors (Lipinski definition) is 4. The average Bonchev–Trinajstić information content (AvgIpc) is 3.95. The number of aromatic nitrogens is 4. The van der Waals surface area contributed by atoms with Gasteiger partial charge in [-0.25, -0.2) is 9.78 Å². The largest absolute Gasteiger partial charge is 0.662 e. The molecule has 7 heterocycles. The van der Waals surface area contributed by atoms with E-state index in [1.165, 1.54) is 62.8 Å². The maximum Gasteiger partial charge on any atom is 0.343 e. The third-order valence-corrected chi connectivity index (χ3v) is 17.0. The summed E-state index contributed by atoms with van der Waals surface area (Å²) < 4.78 is 6.95. The van der Waals surface area contributed by atoms with Crippen molar-refractivity contribution >= 4 is 59.0 Å². The van der Waals surface area contributed by atoms with Gasteiger partial charge < -0.3 is 45.4 Å². The molecule has 0 bridgehead atoms. The Morgan fingerprint density at radius 3 is 2.26 bits per heavy atom. The second-order valence-electron chi connectivity index (χ2n) is 22.1. The number of piperidine rings is 3. The minimum Gasteiger partial charge on any atom is -0.662 e. The Bertz CT molecular complexity index is 2490. The standard InChI is InChI=1S/C28H42N8O3.C27H36N5O4.CH4O.U/c1-3-39-27(38)24-18-29-28(32-22-17-30-34(2)19-22)33-25(24)31-21-9-11-23(12-10-21)35-13-15-36(16-14-35)26(37)20-7-5-4-6-8-20;1-30(23-4-5-24(34)29-25(23)35)26(36)22-3-2-21(14-20(22)16-33)32-12-8-27(9-13-32)17-31(18-27)15-19-6-10-28-11-7-19;1-2;/h17-21,23H,3-16H2,1-2H3,(H2,29,31,32,33);2-3,14,16,19,23H,4-13,15,17-18H2,1H3,(H,29,34,35);2H,1H3;/q;-1;;. The summed E-state index contributed by atoms with van der Waals surface area (Å²) in [7, 11) is 4.39. The van der Waals surface area contributed by atoms with E-state index in [0.717, 1.165) is 128 Å². The Morgan fingerprint density at radius 2 is 1.62 bits per heavy atom. The van der Waals surface area contributed by atoms with Gasteiger partial charge in [0.15, 0.2) is 6.29 Å². The van der Waals surface area contributed by atoms with Crippen LogP contribution in [0.2, 0.25) is 0 Å². The van der Waals surface area contributed by atoms with Gasteiger partial charge in [0.05, 0.1) is 24.1 Å². The number of esters is 1. The van der Waals surface area contributed by atoms with E-state index in [0.29, 0.717) is 53.2 Å². The zero-order valence-electron chi connectivity index (χ0n) is 46.3. The fourth-order valence-corrected chi connectivity index (χ4v) is 12.6. The second-order valence-corrected chi connectivity index (χ2v) is 22.1. The fourth-order valence-electron chi connectivity index (χ4n) is 12.6. The Morgan fingerprint density at radius 1 is 0.910 bits per heavy atom. The molecular weight excluding hydrogens is 1220 g/mol. The number of ether oxygens (including phenoxy) is 1. The van der Waals surface area contributed by atoms with Crippen LogP contribution in [-0.2, 0) is 26.2 Å². The molecule has 2 aliphatic carbocycles. The smallest absolute Gasteiger partial charge is 0.343 e. The van der Waals surface area contributed by atoms with Gasteiger partial charge in [0.25, 0.3) is 5.91 Å². The number of imide groups is 1. The van der Waals surface area contributed by atoms with Crippen molar-refractivity contribution in [3.63, 3.8) is 0 Å². The molecule has 1 unspecified atom stereocenters. The van der Waals surface area contributed by atoms with Gasteiger partial charge in [0, 0.05) is 159 Å². The number of likely N-dealkylation sites (tertiary alicyclic amines) is 1. The van der Waals surface area contributed by atoms with Gasteiger partial charge in [-0.1, -0.05) is 32.1 Å². The van der Waals surface area contributed by atoms with Crippen LogP contribution in [0.1, 0.15) is 134 Å². The number of carbonyl (C=O) groups excluding carboxylic acids is 6. The molecule has 1 atom stereocenters. The van der Waals surface area contributed by atoms with Gasteiger partial charge in [-0.3, -0.25) is 38.9 Å².